The highest BCUT2D eigenvalue weighted by atomic mass is 32.2. The van der Waals surface area contributed by atoms with Gasteiger partial charge in [-0.05, 0) is 49.9 Å². The van der Waals surface area contributed by atoms with Gasteiger partial charge >= 0.3 is 0 Å². The van der Waals surface area contributed by atoms with Gasteiger partial charge in [0.05, 0.1) is 4.90 Å². The number of piperidine rings is 1. The zero-order valence-electron chi connectivity index (χ0n) is 14.9. The number of hydrogen-bond acceptors (Lipinski definition) is 3. The molecule has 25 heavy (non-hydrogen) atoms. The van der Waals surface area contributed by atoms with E-state index in [1.807, 2.05) is 0 Å². The molecule has 1 saturated heterocycles. The molecular weight excluding hydrogens is 343 g/mol. The van der Waals surface area contributed by atoms with Gasteiger partial charge < -0.3 is 5.32 Å². The molecule has 1 fully saturated rings. The zero-order chi connectivity index (χ0) is 18.4. The summed E-state index contributed by atoms with van der Waals surface area (Å²) < 4.78 is 40.1. The predicted molar refractivity (Wildman–Crippen MR) is 95.2 cm³/mol. The topological polar surface area (TPSA) is 66.5 Å². The molecule has 1 aromatic carbocycles. The van der Waals surface area contributed by atoms with Gasteiger partial charge in [0.25, 0.3) is 0 Å². The number of unbranched alkanes of at least 4 members (excludes halogenated alkanes) is 2. The van der Waals surface area contributed by atoms with E-state index >= 15 is 0 Å². The number of nitrogens with one attached hydrogen (secondary N) is 1. The smallest absolute Gasteiger partial charge is 0.243 e. The largest absolute Gasteiger partial charge is 0.356 e. The van der Waals surface area contributed by atoms with Gasteiger partial charge in [-0.3, -0.25) is 4.79 Å². The first kappa shape index (κ1) is 19.8. The summed E-state index contributed by atoms with van der Waals surface area (Å²) in [5, 5.41) is 2.94. The van der Waals surface area contributed by atoms with Gasteiger partial charge in [0.15, 0.2) is 0 Å². The Morgan fingerprint density at radius 3 is 2.56 bits per heavy atom. The van der Waals surface area contributed by atoms with Crippen LogP contribution >= 0.6 is 0 Å². The minimum absolute atomic E-state index is 0.0192. The van der Waals surface area contributed by atoms with Crippen LogP contribution in [0.1, 0.15) is 44.6 Å². The highest BCUT2D eigenvalue weighted by Gasteiger charge is 2.32. The number of rotatable bonds is 7. The third-order valence-electron chi connectivity index (χ3n) is 4.67. The number of nitrogens with zero attached hydrogens (tertiary/aromatic N) is 1. The van der Waals surface area contributed by atoms with Crippen molar-refractivity contribution in [3.05, 3.63) is 29.6 Å². The first-order valence-electron chi connectivity index (χ1n) is 8.90. The molecule has 0 unspecified atom stereocenters. The van der Waals surface area contributed by atoms with E-state index in [2.05, 4.69) is 12.2 Å². The molecule has 1 amide bonds. The first-order valence-corrected chi connectivity index (χ1v) is 10.3. The summed E-state index contributed by atoms with van der Waals surface area (Å²) in [5.74, 6) is -0.536. The molecule has 0 aliphatic carbocycles. The molecule has 2 rings (SSSR count). The lowest BCUT2D eigenvalue weighted by molar-refractivity contribution is -0.126. The SMILES string of the molecule is CCCCCNC(=O)C1CCN(S(=O)(=O)c2ccc(F)c(C)c2)CC1. The Kier molecular flexibility index (Phi) is 6.95. The lowest BCUT2D eigenvalue weighted by Crippen LogP contribution is -2.43. The van der Waals surface area contributed by atoms with Gasteiger partial charge in [0, 0.05) is 25.6 Å². The van der Waals surface area contributed by atoms with Crippen LogP contribution in [0.3, 0.4) is 0 Å². The van der Waals surface area contributed by atoms with Gasteiger partial charge in [0.1, 0.15) is 5.82 Å². The van der Waals surface area contributed by atoms with Crippen LogP contribution in [0.4, 0.5) is 4.39 Å². The van der Waals surface area contributed by atoms with Gasteiger partial charge in [-0.25, -0.2) is 12.8 Å². The van der Waals surface area contributed by atoms with Crippen molar-refractivity contribution in [2.75, 3.05) is 19.6 Å². The molecule has 0 spiro atoms. The van der Waals surface area contributed by atoms with Crippen molar-refractivity contribution in [3.8, 4) is 0 Å². The Labute approximate surface area is 149 Å². The van der Waals surface area contributed by atoms with E-state index in [1.54, 1.807) is 6.92 Å². The Balaban J connectivity index is 1.92. The Morgan fingerprint density at radius 2 is 1.96 bits per heavy atom. The van der Waals surface area contributed by atoms with Crippen molar-refractivity contribution in [2.24, 2.45) is 5.92 Å². The Hall–Kier alpha value is -1.47. The van der Waals surface area contributed by atoms with Crippen LogP contribution in [-0.4, -0.2) is 38.3 Å². The maximum Gasteiger partial charge on any atom is 0.243 e. The van der Waals surface area contributed by atoms with Crippen LogP contribution in [0.15, 0.2) is 23.1 Å². The summed E-state index contributed by atoms with van der Waals surface area (Å²) in [4.78, 5) is 12.3. The van der Waals surface area contributed by atoms with E-state index in [-0.39, 0.29) is 16.7 Å². The van der Waals surface area contributed by atoms with Crippen molar-refractivity contribution in [3.63, 3.8) is 0 Å². The maximum atomic E-state index is 13.4. The second-order valence-electron chi connectivity index (χ2n) is 6.59. The Bertz CT molecular complexity index is 698. The van der Waals surface area contributed by atoms with Crippen LogP contribution in [0.2, 0.25) is 0 Å². The minimum atomic E-state index is -3.64. The predicted octanol–water partition coefficient (Wildman–Crippen LogP) is 2.84. The van der Waals surface area contributed by atoms with Crippen LogP contribution in [-0.2, 0) is 14.8 Å². The van der Waals surface area contributed by atoms with Crippen LogP contribution in [0.5, 0.6) is 0 Å². The number of benzene rings is 1. The summed E-state index contributed by atoms with van der Waals surface area (Å²) in [6, 6.07) is 3.83. The Morgan fingerprint density at radius 1 is 1.28 bits per heavy atom. The maximum absolute atomic E-state index is 13.4. The second kappa shape index (κ2) is 8.76. The van der Waals surface area contributed by atoms with Gasteiger partial charge in [-0.1, -0.05) is 19.8 Å². The molecule has 1 aliphatic heterocycles. The summed E-state index contributed by atoms with van der Waals surface area (Å²) in [5.41, 5.74) is 0.308. The van der Waals surface area contributed by atoms with E-state index in [9.17, 15) is 17.6 Å². The van der Waals surface area contributed by atoms with Crippen LogP contribution < -0.4 is 5.32 Å². The van der Waals surface area contributed by atoms with Gasteiger partial charge in [-0.15, -0.1) is 0 Å². The van der Waals surface area contributed by atoms with Crippen molar-refractivity contribution < 1.29 is 17.6 Å². The lowest BCUT2D eigenvalue weighted by atomic mass is 9.97. The van der Waals surface area contributed by atoms with E-state index in [0.717, 1.165) is 19.3 Å². The summed E-state index contributed by atoms with van der Waals surface area (Å²) in [7, 11) is -3.64. The quantitative estimate of drug-likeness (QED) is 0.751. The van der Waals surface area contributed by atoms with Gasteiger partial charge in [0.2, 0.25) is 15.9 Å². The highest BCUT2D eigenvalue weighted by Crippen LogP contribution is 2.25. The average Bonchev–Trinajstić information content (AvgIpc) is 2.61. The monoisotopic (exact) mass is 370 g/mol. The number of carbonyl (C=O) groups excluding carboxylic acids is 1. The van der Waals surface area contributed by atoms with E-state index in [4.69, 9.17) is 0 Å². The summed E-state index contributed by atoms with van der Waals surface area (Å²) in [6.45, 7) is 4.96. The van der Waals surface area contributed by atoms with Crippen molar-refractivity contribution >= 4 is 15.9 Å². The molecule has 1 aromatic rings. The molecule has 5 nitrogen and oxygen atoms in total. The van der Waals surface area contributed by atoms with Crippen molar-refractivity contribution in [1.29, 1.82) is 0 Å². The standard InChI is InChI=1S/C18H27FN2O3S/c1-3-4-5-10-20-18(22)15-8-11-21(12-9-15)25(23,24)16-6-7-17(19)14(2)13-16/h6-7,13,15H,3-5,8-12H2,1-2H3,(H,20,22). The lowest BCUT2D eigenvalue weighted by Gasteiger charge is -2.30. The molecule has 1 aliphatic rings. The fraction of sp³-hybridized carbons (Fsp3) is 0.611. The minimum Gasteiger partial charge on any atom is -0.356 e. The molecule has 0 aromatic heterocycles. The molecule has 1 heterocycles. The number of aryl methyl sites for hydroxylation is 1. The van der Waals surface area contributed by atoms with Crippen LogP contribution in [0.25, 0.3) is 0 Å². The van der Waals surface area contributed by atoms with Gasteiger partial charge in [-0.2, -0.15) is 4.31 Å². The molecule has 140 valence electrons. The highest BCUT2D eigenvalue weighted by molar-refractivity contribution is 7.89. The number of hydrogen-bond donors (Lipinski definition) is 1. The molecule has 1 N–H and O–H groups in total. The third-order valence-corrected chi connectivity index (χ3v) is 6.57. The fourth-order valence-electron chi connectivity index (χ4n) is 3.02. The molecule has 0 atom stereocenters. The molecular formula is C18H27FN2O3S. The van der Waals surface area contributed by atoms with E-state index in [1.165, 1.54) is 22.5 Å². The van der Waals surface area contributed by atoms with Crippen LogP contribution in [0, 0.1) is 18.7 Å². The normalized spacial score (nSPS) is 16.8. The number of amides is 1. The summed E-state index contributed by atoms with van der Waals surface area (Å²) >= 11 is 0. The number of halogens is 1. The molecule has 0 saturated carbocycles. The average molecular weight is 370 g/mol. The molecule has 0 radical (unpaired) electrons. The first-order chi connectivity index (χ1) is 11.9. The molecule has 0 bridgehead atoms. The van der Waals surface area contributed by atoms with E-state index in [0.29, 0.717) is 38.0 Å². The van der Waals surface area contributed by atoms with Crippen molar-refractivity contribution in [2.45, 2.75) is 50.8 Å². The van der Waals surface area contributed by atoms with E-state index < -0.39 is 15.8 Å². The summed E-state index contributed by atoms with van der Waals surface area (Å²) in [6.07, 6.45) is 4.19. The molecule has 7 heteroatoms. The second-order valence-corrected chi connectivity index (χ2v) is 8.53. The number of carbonyl (C=O) groups is 1. The van der Waals surface area contributed by atoms with Crippen molar-refractivity contribution in [1.82, 2.24) is 9.62 Å². The fourth-order valence-corrected chi connectivity index (χ4v) is 4.57. The number of sulfonamides is 1. The zero-order valence-corrected chi connectivity index (χ0v) is 15.7. The third kappa shape index (κ3) is 5.01.